The summed E-state index contributed by atoms with van der Waals surface area (Å²) in [5, 5.41) is 11.0. The highest BCUT2D eigenvalue weighted by Gasteiger charge is 2.35. The van der Waals surface area contributed by atoms with Crippen LogP contribution in [0.5, 0.6) is 0 Å². The third kappa shape index (κ3) is 2.98. The third-order valence-corrected chi connectivity index (χ3v) is 3.50. The molecule has 1 heterocycles. The molecule has 0 bridgehead atoms. The van der Waals surface area contributed by atoms with E-state index in [1.54, 1.807) is 11.1 Å². The van der Waals surface area contributed by atoms with Crippen LogP contribution in [-0.4, -0.2) is 60.4 Å². The second kappa shape index (κ2) is 6.13. The first-order valence-electron chi connectivity index (χ1n) is 5.97. The molecule has 5 nitrogen and oxygen atoms in total. The number of carboxylic acids is 1. The minimum atomic E-state index is -0.803. The highest BCUT2D eigenvalue weighted by molar-refractivity contribution is 5.78. The largest absolute Gasteiger partial charge is 0.480 e. The highest BCUT2D eigenvalue weighted by atomic mass is 16.7. The minimum absolute atomic E-state index is 0.0746. The van der Waals surface area contributed by atoms with Crippen LogP contribution in [0.4, 0.5) is 0 Å². The molecule has 0 radical (unpaired) electrons. The number of aliphatic carboxylic acids is 1. The van der Waals surface area contributed by atoms with Gasteiger partial charge in [0, 0.05) is 13.6 Å². The molecule has 0 spiro atoms. The molecule has 5 heteroatoms. The van der Waals surface area contributed by atoms with E-state index in [4.69, 9.17) is 4.84 Å². The van der Waals surface area contributed by atoms with Gasteiger partial charge in [-0.2, -0.15) is 5.06 Å². The van der Waals surface area contributed by atoms with Crippen molar-refractivity contribution in [2.75, 3.05) is 27.2 Å². The number of carbonyl (C=O) groups is 1. The molecule has 0 aromatic rings. The predicted molar refractivity (Wildman–Crippen MR) is 70.1 cm³/mol. The Hall–Kier alpha value is -1.17. The van der Waals surface area contributed by atoms with Crippen molar-refractivity contribution in [3.05, 3.63) is 23.8 Å². The normalized spacial score (nSPS) is 25.6. The standard InChI is InChI=1S/C13H22N2O3/c1-6-7-18-15(5)11-8-14(4)12(13(16)17)10(3)9(11)2/h6,11-12H,1,7-8H2,2-5H3,(H,16,17)/t11-,12-/m0/s1. The van der Waals surface area contributed by atoms with Gasteiger partial charge in [0.25, 0.3) is 0 Å². The van der Waals surface area contributed by atoms with E-state index in [9.17, 15) is 9.90 Å². The van der Waals surface area contributed by atoms with Crippen molar-refractivity contribution < 1.29 is 14.7 Å². The number of carboxylic acid groups (broad SMARTS) is 1. The fourth-order valence-electron chi connectivity index (χ4n) is 2.35. The fourth-order valence-corrected chi connectivity index (χ4v) is 2.35. The Morgan fingerprint density at radius 1 is 1.61 bits per heavy atom. The molecule has 1 rings (SSSR count). The van der Waals surface area contributed by atoms with E-state index >= 15 is 0 Å². The van der Waals surface area contributed by atoms with Crippen molar-refractivity contribution in [1.29, 1.82) is 0 Å². The first-order valence-corrected chi connectivity index (χ1v) is 5.97. The van der Waals surface area contributed by atoms with Crippen molar-refractivity contribution in [1.82, 2.24) is 9.96 Å². The number of hydrogen-bond acceptors (Lipinski definition) is 4. The van der Waals surface area contributed by atoms with Gasteiger partial charge in [-0.3, -0.25) is 14.5 Å². The van der Waals surface area contributed by atoms with Crippen LogP contribution in [0.3, 0.4) is 0 Å². The molecule has 2 atom stereocenters. The molecule has 0 aromatic carbocycles. The van der Waals surface area contributed by atoms with Gasteiger partial charge in [-0.05, 0) is 26.5 Å². The fraction of sp³-hybridized carbons (Fsp3) is 0.615. The number of likely N-dealkylation sites (N-methyl/N-ethyl adjacent to an activating group) is 2. The molecule has 0 saturated heterocycles. The van der Waals surface area contributed by atoms with Crippen molar-refractivity contribution in [2.45, 2.75) is 25.9 Å². The number of hydrogen-bond donors (Lipinski definition) is 1. The van der Waals surface area contributed by atoms with Crippen LogP contribution in [0, 0.1) is 0 Å². The zero-order valence-electron chi connectivity index (χ0n) is 11.5. The lowest BCUT2D eigenvalue weighted by Gasteiger charge is -2.40. The van der Waals surface area contributed by atoms with Gasteiger partial charge in [0.1, 0.15) is 6.04 Å². The molecule has 1 aliphatic heterocycles. The molecule has 0 aliphatic carbocycles. The van der Waals surface area contributed by atoms with Crippen LogP contribution in [0.1, 0.15) is 13.8 Å². The van der Waals surface area contributed by atoms with Crippen LogP contribution < -0.4 is 0 Å². The number of hydroxylamine groups is 2. The molecule has 1 aliphatic rings. The first kappa shape index (κ1) is 14.9. The van der Waals surface area contributed by atoms with Gasteiger partial charge in [-0.15, -0.1) is 6.58 Å². The summed E-state index contributed by atoms with van der Waals surface area (Å²) in [4.78, 5) is 18.6. The van der Waals surface area contributed by atoms with Gasteiger partial charge in [0.15, 0.2) is 0 Å². The van der Waals surface area contributed by atoms with Gasteiger partial charge < -0.3 is 5.11 Å². The highest BCUT2D eigenvalue weighted by Crippen LogP contribution is 2.25. The van der Waals surface area contributed by atoms with Crippen molar-refractivity contribution >= 4 is 5.97 Å². The summed E-state index contributed by atoms with van der Waals surface area (Å²) in [6, 6.07) is -0.459. The number of nitrogens with zero attached hydrogens (tertiary/aromatic N) is 2. The van der Waals surface area contributed by atoms with E-state index in [-0.39, 0.29) is 6.04 Å². The van der Waals surface area contributed by atoms with E-state index in [1.807, 2.05) is 32.8 Å². The van der Waals surface area contributed by atoms with E-state index in [1.165, 1.54) is 0 Å². The summed E-state index contributed by atoms with van der Waals surface area (Å²) in [7, 11) is 3.68. The lowest BCUT2D eigenvalue weighted by Crippen LogP contribution is -2.52. The van der Waals surface area contributed by atoms with Crippen molar-refractivity contribution in [3.63, 3.8) is 0 Å². The van der Waals surface area contributed by atoms with Gasteiger partial charge in [0.2, 0.25) is 0 Å². The minimum Gasteiger partial charge on any atom is -0.480 e. The molecule has 0 fully saturated rings. The van der Waals surface area contributed by atoms with Gasteiger partial charge >= 0.3 is 5.97 Å². The Morgan fingerprint density at radius 2 is 2.22 bits per heavy atom. The van der Waals surface area contributed by atoms with Crippen molar-refractivity contribution in [3.8, 4) is 0 Å². The smallest absolute Gasteiger partial charge is 0.325 e. The van der Waals surface area contributed by atoms with E-state index in [0.717, 1.165) is 11.1 Å². The molecule has 102 valence electrons. The molecule has 0 aromatic heterocycles. The van der Waals surface area contributed by atoms with Gasteiger partial charge in [-0.1, -0.05) is 11.6 Å². The summed E-state index contributed by atoms with van der Waals surface area (Å²) >= 11 is 0. The first-order chi connectivity index (χ1) is 8.40. The lowest BCUT2D eigenvalue weighted by molar-refractivity contribution is -0.159. The molecule has 0 saturated carbocycles. The Morgan fingerprint density at radius 3 is 2.72 bits per heavy atom. The van der Waals surface area contributed by atoms with Crippen LogP contribution >= 0.6 is 0 Å². The molecular weight excluding hydrogens is 232 g/mol. The molecular formula is C13H22N2O3. The zero-order chi connectivity index (χ0) is 13.9. The maximum Gasteiger partial charge on any atom is 0.325 e. The second-order valence-electron chi connectivity index (χ2n) is 4.69. The Kier molecular flexibility index (Phi) is 5.07. The maximum atomic E-state index is 11.2. The second-order valence-corrected chi connectivity index (χ2v) is 4.69. The summed E-state index contributed by atoms with van der Waals surface area (Å²) in [5.74, 6) is -0.803. The molecule has 18 heavy (non-hydrogen) atoms. The third-order valence-electron chi connectivity index (χ3n) is 3.50. The average Bonchev–Trinajstić information content (AvgIpc) is 2.30. The van der Waals surface area contributed by atoms with Crippen LogP contribution in [0.25, 0.3) is 0 Å². The Balaban J connectivity index is 2.91. The maximum absolute atomic E-state index is 11.2. The summed E-state index contributed by atoms with van der Waals surface area (Å²) in [6.07, 6.45) is 1.69. The average molecular weight is 254 g/mol. The summed E-state index contributed by atoms with van der Waals surface area (Å²) in [6.45, 7) is 8.53. The molecule has 0 unspecified atom stereocenters. The van der Waals surface area contributed by atoms with Crippen LogP contribution in [0.2, 0.25) is 0 Å². The monoisotopic (exact) mass is 254 g/mol. The SMILES string of the molecule is C=CCON(C)[C@H]1CN(C)[C@H](C(=O)O)C(C)=C1C. The topological polar surface area (TPSA) is 53.0 Å². The zero-order valence-corrected chi connectivity index (χ0v) is 11.5. The lowest BCUT2D eigenvalue weighted by atomic mass is 9.92. The number of rotatable bonds is 5. The van der Waals surface area contributed by atoms with Crippen LogP contribution in [-0.2, 0) is 9.63 Å². The van der Waals surface area contributed by atoms with Gasteiger partial charge in [-0.25, -0.2) is 0 Å². The van der Waals surface area contributed by atoms with E-state index in [2.05, 4.69) is 6.58 Å². The van der Waals surface area contributed by atoms with Crippen LogP contribution in [0.15, 0.2) is 23.8 Å². The van der Waals surface area contributed by atoms with E-state index < -0.39 is 12.0 Å². The summed E-state index contributed by atoms with van der Waals surface area (Å²) < 4.78 is 0. The van der Waals surface area contributed by atoms with E-state index in [0.29, 0.717) is 13.2 Å². The van der Waals surface area contributed by atoms with Crippen molar-refractivity contribution in [2.24, 2.45) is 0 Å². The van der Waals surface area contributed by atoms with Gasteiger partial charge in [0.05, 0.1) is 12.6 Å². The Labute approximate surface area is 108 Å². The molecule has 0 amide bonds. The Bertz CT molecular complexity index is 365. The molecule has 1 N–H and O–H groups in total. The quantitative estimate of drug-likeness (QED) is 0.589. The summed E-state index contributed by atoms with van der Waals surface area (Å²) in [5.41, 5.74) is 1.95. The predicted octanol–water partition coefficient (Wildman–Crippen LogP) is 1.14.